The Morgan fingerprint density at radius 1 is 1.26 bits per heavy atom. The van der Waals surface area contributed by atoms with Crippen LogP contribution in [0, 0.1) is 3.77 Å². The lowest BCUT2D eigenvalue weighted by Gasteiger charge is -2.07. The number of halogens is 1. The van der Waals surface area contributed by atoms with Gasteiger partial charge in [0, 0.05) is 5.69 Å². The Morgan fingerprint density at radius 2 is 2.00 bits per heavy atom. The van der Waals surface area contributed by atoms with Crippen LogP contribution in [0.3, 0.4) is 0 Å². The Kier molecular flexibility index (Phi) is 4.67. The quantitative estimate of drug-likeness (QED) is 0.764. The van der Waals surface area contributed by atoms with Crippen molar-refractivity contribution >= 4 is 34.2 Å². The van der Waals surface area contributed by atoms with E-state index >= 15 is 0 Å². The summed E-state index contributed by atoms with van der Waals surface area (Å²) < 4.78 is 11.5. The van der Waals surface area contributed by atoms with Gasteiger partial charge in [0.1, 0.15) is 11.5 Å². The zero-order chi connectivity index (χ0) is 13.7. The second-order valence-corrected chi connectivity index (χ2v) is 4.90. The summed E-state index contributed by atoms with van der Waals surface area (Å²) in [6.45, 7) is 0.502. The molecule has 6 heteroatoms. The topological polar surface area (TPSA) is 77.5 Å². The molecule has 0 radical (unpaired) electrons. The molecule has 0 aliphatic rings. The number of hydrogen-bond acceptors (Lipinski definition) is 4. The number of carbonyl (C=O) groups is 1. The van der Waals surface area contributed by atoms with Crippen molar-refractivity contribution in [3.63, 3.8) is 0 Å². The van der Waals surface area contributed by atoms with Crippen LogP contribution < -0.4 is 15.8 Å². The number of primary amides is 1. The van der Waals surface area contributed by atoms with Gasteiger partial charge in [0.15, 0.2) is 10.4 Å². The second-order valence-electron chi connectivity index (χ2n) is 3.84. The van der Waals surface area contributed by atoms with E-state index in [1.807, 2.05) is 24.3 Å². The number of carbonyl (C=O) groups excluding carboxylic acids is 1. The molecule has 3 N–H and O–H groups in total. The van der Waals surface area contributed by atoms with Gasteiger partial charge in [-0.2, -0.15) is 0 Å². The number of nitrogens with two attached hydrogens (primary N) is 1. The summed E-state index contributed by atoms with van der Waals surface area (Å²) in [5, 5.41) is 3.22. The van der Waals surface area contributed by atoms with Gasteiger partial charge in [0.05, 0.1) is 6.54 Å². The molecule has 1 amide bonds. The summed E-state index contributed by atoms with van der Waals surface area (Å²) in [7, 11) is 0. The van der Waals surface area contributed by atoms with Gasteiger partial charge in [-0.15, -0.1) is 0 Å². The molecule has 19 heavy (non-hydrogen) atoms. The van der Waals surface area contributed by atoms with Crippen LogP contribution in [0.25, 0.3) is 0 Å². The lowest BCUT2D eigenvalue weighted by atomic mass is 10.3. The molecule has 0 spiro atoms. The van der Waals surface area contributed by atoms with Crippen LogP contribution in [-0.4, -0.2) is 12.5 Å². The third-order valence-electron chi connectivity index (χ3n) is 2.33. The second kappa shape index (κ2) is 6.46. The van der Waals surface area contributed by atoms with Crippen molar-refractivity contribution in [2.75, 3.05) is 11.9 Å². The first-order chi connectivity index (χ1) is 9.13. The molecule has 0 atom stereocenters. The van der Waals surface area contributed by atoms with E-state index in [0.29, 0.717) is 12.3 Å². The first kappa shape index (κ1) is 13.7. The molecule has 0 unspecified atom stereocenters. The third-order valence-corrected chi connectivity index (χ3v) is 2.91. The summed E-state index contributed by atoms with van der Waals surface area (Å²) >= 11 is 2.13. The van der Waals surface area contributed by atoms with Crippen LogP contribution in [0.2, 0.25) is 0 Å². The van der Waals surface area contributed by atoms with Crippen molar-refractivity contribution in [1.29, 1.82) is 0 Å². The van der Waals surface area contributed by atoms with Gasteiger partial charge in [-0.1, -0.05) is 0 Å². The van der Waals surface area contributed by atoms with Gasteiger partial charge < -0.3 is 20.2 Å². The molecule has 2 rings (SSSR count). The molecule has 1 aromatic carbocycles. The van der Waals surface area contributed by atoms with Gasteiger partial charge in [-0.25, -0.2) is 0 Å². The minimum absolute atomic E-state index is 0.113. The highest BCUT2D eigenvalue weighted by atomic mass is 127. The van der Waals surface area contributed by atoms with Crippen LogP contribution in [0.4, 0.5) is 5.69 Å². The molecule has 0 saturated carbocycles. The fraction of sp³-hybridized carbons (Fsp3) is 0.154. The minimum atomic E-state index is -0.491. The average Bonchev–Trinajstić information content (AvgIpc) is 2.81. The predicted octanol–water partition coefficient (Wildman–Crippen LogP) is 2.36. The number of anilines is 1. The highest BCUT2D eigenvalue weighted by molar-refractivity contribution is 14.1. The molecule has 1 heterocycles. The Balaban J connectivity index is 1.86. The molecule has 2 aromatic rings. The smallest absolute Gasteiger partial charge is 0.255 e. The molecule has 1 aromatic heterocycles. The zero-order valence-electron chi connectivity index (χ0n) is 10.1. The zero-order valence-corrected chi connectivity index (χ0v) is 12.2. The summed E-state index contributed by atoms with van der Waals surface area (Å²) in [5.74, 6) is 0.991. The number of nitrogens with one attached hydrogen (secondary N) is 1. The van der Waals surface area contributed by atoms with Gasteiger partial charge in [0.25, 0.3) is 5.91 Å². The van der Waals surface area contributed by atoms with Crippen molar-refractivity contribution in [2.24, 2.45) is 5.73 Å². The molecular weight excluding hydrogens is 359 g/mol. The molecule has 0 aliphatic carbocycles. The van der Waals surface area contributed by atoms with Gasteiger partial charge in [0.2, 0.25) is 0 Å². The van der Waals surface area contributed by atoms with E-state index in [9.17, 15) is 4.79 Å². The van der Waals surface area contributed by atoms with E-state index in [4.69, 9.17) is 14.9 Å². The number of furan rings is 1. The Bertz CT molecular complexity index is 551. The Labute approximate surface area is 124 Å². The van der Waals surface area contributed by atoms with Crippen molar-refractivity contribution in [3.8, 4) is 5.75 Å². The van der Waals surface area contributed by atoms with Gasteiger partial charge >= 0.3 is 0 Å². The summed E-state index contributed by atoms with van der Waals surface area (Å²) in [6, 6.07) is 11.1. The average molecular weight is 372 g/mol. The number of ether oxygens (including phenoxy) is 1. The summed E-state index contributed by atoms with van der Waals surface area (Å²) in [6.07, 6.45) is 0. The van der Waals surface area contributed by atoms with E-state index in [0.717, 1.165) is 15.2 Å². The summed E-state index contributed by atoms with van der Waals surface area (Å²) in [5.41, 5.74) is 5.94. The number of rotatable bonds is 6. The summed E-state index contributed by atoms with van der Waals surface area (Å²) in [4.78, 5) is 10.6. The van der Waals surface area contributed by atoms with E-state index in [1.165, 1.54) is 0 Å². The van der Waals surface area contributed by atoms with Crippen LogP contribution in [-0.2, 0) is 11.3 Å². The van der Waals surface area contributed by atoms with Crippen molar-refractivity contribution in [1.82, 2.24) is 0 Å². The number of benzene rings is 1. The minimum Gasteiger partial charge on any atom is -0.484 e. The SMILES string of the molecule is NC(=O)COc1ccc(NCc2ccc(I)o2)cc1. The Hall–Kier alpha value is -1.70. The van der Waals surface area contributed by atoms with Crippen LogP contribution in [0.1, 0.15) is 5.76 Å². The van der Waals surface area contributed by atoms with E-state index in [-0.39, 0.29) is 6.61 Å². The standard InChI is InChI=1S/C13H13IN2O3/c14-12-6-5-11(19-12)7-16-9-1-3-10(4-2-9)18-8-13(15)17/h1-6,16H,7-8H2,(H2,15,17). The van der Waals surface area contributed by atoms with Crippen LogP contribution >= 0.6 is 22.6 Å². The first-order valence-electron chi connectivity index (χ1n) is 5.63. The lowest BCUT2D eigenvalue weighted by molar-refractivity contribution is -0.119. The lowest BCUT2D eigenvalue weighted by Crippen LogP contribution is -2.19. The van der Waals surface area contributed by atoms with Gasteiger partial charge in [-0.05, 0) is 59.0 Å². The maximum atomic E-state index is 10.6. The highest BCUT2D eigenvalue weighted by Crippen LogP contribution is 2.17. The molecule has 5 nitrogen and oxygen atoms in total. The van der Waals surface area contributed by atoms with Crippen LogP contribution in [0.5, 0.6) is 5.75 Å². The fourth-order valence-electron chi connectivity index (χ4n) is 1.46. The van der Waals surface area contributed by atoms with Gasteiger partial charge in [-0.3, -0.25) is 4.79 Å². The van der Waals surface area contributed by atoms with Crippen molar-refractivity contribution < 1.29 is 13.9 Å². The predicted molar refractivity (Wildman–Crippen MR) is 79.9 cm³/mol. The van der Waals surface area contributed by atoms with E-state index < -0.39 is 5.91 Å². The molecule has 100 valence electrons. The highest BCUT2D eigenvalue weighted by Gasteiger charge is 2.00. The first-order valence-corrected chi connectivity index (χ1v) is 6.70. The maximum absolute atomic E-state index is 10.6. The van der Waals surface area contributed by atoms with E-state index in [1.54, 1.807) is 12.1 Å². The molecule has 0 bridgehead atoms. The number of amides is 1. The van der Waals surface area contributed by atoms with Crippen LogP contribution in [0.15, 0.2) is 40.8 Å². The molecule has 0 fully saturated rings. The Morgan fingerprint density at radius 3 is 2.58 bits per heavy atom. The molecular formula is C13H13IN2O3. The maximum Gasteiger partial charge on any atom is 0.255 e. The van der Waals surface area contributed by atoms with E-state index in [2.05, 4.69) is 27.9 Å². The number of hydrogen-bond donors (Lipinski definition) is 2. The van der Waals surface area contributed by atoms with Crippen molar-refractivity contribution in [2.45, 2.75) is 6.54 Å². The normalized spacial score (nSPS) is 10.2. The third kappa shape index (κ3) is 4.47. The van der Waals surface area contributed by atoms with Crippen molar-refractivity contribution in [3.05, 3.63) is 45.9 Å². The fourth-order valence-corrected chi connectivity index (χ4v) is 1.92. The molecule has 0 aliphatic heterocycles. The largest absolute Gasteiger partial charge is 0.484 e. The molecule has 0 saturated heterocycles. The monoisotopic (exact) mass is 372 g/mol.